The summed E-state index contributed by atoms with van der Waals surface area (Å²) >= 11 is 7.53. The Kier molecular flexibility index (Phi) is 4.88. The molecule has 196 valence electrons. The quantitative estimate of drug-likeness (QED) is 0.172. The predicted octanol–water partition coefficient (Wildman–Crippen LogP) is 13.3. The van der Waals surface area contributed by atoms with Crippen LogP contribution in [0.4, 0.5) is 0 Å². The van der Waals surface area contributed by atoms with Crippen molar-refractivity contribution in [2.75, 3.05) is 0 Å². The predicted molar refractivity (Wildman–Crippen MR) is 191 cm³/mol. The average molecular weight is 605 g/mol. The summed E-state index contributed by atoms with van der Waals surface area (Å²) in [5.74, 6) is 0. The van der Waals surface area contributed by atoms with Crippen molar-refractivity contribution in [3.8, 4) is 19.5 Å². The van der Waals surface area contributed by atoms with Gasteiger partial charge in [0.15, 0.2) is 0 Å². The minimum Gasteiger partial charge on any atom is -0.142 e. The van der Waals surface area contributed by atoms with Crippen molar-refractivity contribution in [2.24, 2.45) is 0 Å². The monoisotopic (exact) mass is 604 g/mol. The van der Waals surface area contributed by atoms with E-state index in [9.17, 15) is 0 Å². The third-order valence-electron chi connectivity index (χ3n) is 8.65. The lowest BCUT2D eigenvalue weighted by Crippen LogP contribution is -1.81. The van der Waals surface area contributed by atoms with Crippen LogP contribution < -0.4 is 0 Å². The molecule has 6 aromatic carbocycles. The molecule has 10 rings (SSSR count). The van der Waals surface area contributed by atoms with E-state index in [0.29, 0.717) is 0 Å². The van der Waals surface area contributed by atoms with Gasteiger partial charge in [-0.1, -0.05) is 84.9 Å². The highest BCUT2D eigenvalue weighted by atomic mass is 32.1. The molecule has 0 aliphatic heterocycles. The first kappa shape index (κ1) is 23.5. The van der Waals surface area contributed by atoms with Gasteiger partial charge in [-0.15, -0.1) is 45.3 Å². The third-order valence-corrected chi connectivity index (χ3v) is 13.2. The Hall–Kier alpha value is -4.06. The van der Waals surface area contributed by atoms with Crippen molar-refractivity contribution in [1.82, 2.24) is 0 Å². The largest absolute Gasteiger partial charge is 0.142 e. The van der Waals surface area contributed by atoms with Gasteiger partial charge in [0.2, 0.25) is 0 Å². The van der Waals surface area contributed by atoms with Crippen LogP contribution in [0.3, 0.4) is 0 Å². The molecule has 0 atom stereocenters. The van der Waals surface area contributed by atoms with Gasteiger partial charge in [0.25, 0.3) is 0 Å². The second-order valence-corrected chi connectivity index (χ2v) is 14.8. The number of hydrogen-bond acceptors (Lipinski definition) is 4. The molecule has 0 unspecified atom stereocenters. The molecule has 0 amide bonds. The molecule has 0 nitrogen and oxygen atoms in total. The van der Waals surface area contributed by atoms with Crippen LogP contribution in [-0.2, 0) is 0 Å². The molecule has 4 heterocycles. The number of rotatable bonds is 2. The lowest BCUT2D eigenvalue weighted by Gasteiger charge is -2.09. The van der Waals surface area contributed by atoms with Gasteiger partial charge < -0.3 is 0 Å². The van der Waals surface area contributed by atoms with Crippen molar-refractivity contribution in [2.45, 2.75) is 0 Å². The fourth-order valence-electron chi connectivity index (χ4n) is 6.67. The van der Waals surface area contributed by atoms with Crippen LogP contribution in [0.2, 0.25) is 0 Å². The Labute approximate surface area is 257 Å². The zero-order chi connectivity index (χ0) is 27.4. The molecule has 0 saturated carbocycles. The second kappa shape index (κ2) is 8.73. The summed E-state index contributed by atoms with van der Waals surface area (Å²) < 4.78 is 2.70. The summed E-state index contributed by atoms with van der Waals surface area (Å²) in [5, 5.41) is 20.6. The van der Waals surface area contributed by atoms with Crippen molar-refractivity contribution >= 4 is 119 Å². The standard InChI is InChI=1S/C38H20S4/c1-3-7-23-21(5-1)19-39-37(23)35-17-31-29-11-9-26-25(27(29)13-15-33(31)41-35)10-12-30-28(26)14-16-34-32(30)18-36(42-34)38-24-8-4-2-6-22(24)20-40-38/h1-20H. The SMILES string of the molecule is c1ccc2c(-c3cc4c(ccc5c4ccc4c6ccc7sc(-c8scc9ccccc89)cc7c6ccc54)s3)scc2c1. The fraction of sp³-hybridized carbons (Fsp3) is 0. The van der Waals surface area contributed by atoms with Gasteiger partial charge in [0.1, 0.15) is 0 Å². The topological polar surface area (TPSA) is 0 Å². The van der Waals surface area contributed by atoms with E-state index in [2.05, 4.69) is 120 Å². The highest BCUT2D eigenvalue weighted by molar-refractivity contribution is 7.27. The van der Waals surface area contributed by atoms with Gasteiger partial charge >= 0.3 is 0 Å². The van der Waals surface area contributed by atoms with Crippen molar-refractivity contribution in [1.29, 1.82) is 0 Å². The van der Waals surface area contributed by atoms with Crippen LogP contribution in [-0.4, -0.2) is 0 Å². The minimum atomic E-state index is 1.33. The average Bonchev–Trinajstić information content (AvgIpc) is 3.83. The van der Waals surface area contributed by atoms with Crippen LogP contribution in [0.5, 0.6) is 0 Å². The van der Waals surface area contributed by atoms with Crippen LogP contribution >= 0.6 is 45.3 Å². The molecule has 0 fully saturated rings. The summed E-state index contributed by atoms with van der Waals surface area (Å²) in [7, 11) is 0. The molecule has 0 aliphatic carbocycles. The molecular weight excluding hydrogens is 585 g/mol. The van der Waals surface area contributed by atoms with E-state index in [0.717, 1.165) is 0 Å². The van der Waals surface area contributed by atoms with E-state index >= 15 is 0 Å². The van der Waals surface area contributed by atoms with E-state index in [1.165, 1.54) is 93.5 Å². The van der Waals surface area contributed by atoms with Gasteiger partial charge in [-0.2, -0.15) is 0 Å². The Balaban J connectivity index is 1.16. The number of benzene rings is 6. The van der Waals surface area contributed by atoms with Crippen molar-refractivity contribution in [3.63, 3.8) is 0 Å². The maximum Gasteiger partial charge on any atom is 0.0521 e. The molecule has 0 spiro atoms. The molecule has 0 N–H and O–H groups in total. The van der Waals surface area contributed by atoms with E-state index < -0.39 is 0 Å². The second-order valence-electron chi connectivity index (χ2n) is 10.9. The fourth-order valence-corrected chi connectivity index (χ4v) is 11.1. The van der Waals surface area contributed by atoms with Crippen LogP contribution in [0.1, 0.15) is 0 Å². The minimum absolute atomic E-state index is 1.33. The van der Waals surface area contributed by atoms with Crippen molar-refractivity contribution < 1.29 is 0 Å². The Morgan fingerprint density at radius 1 is 0.333 bits per heavy atom. The maximum atomic E-state index is 2.41. The zero-order valence-corrected chi connectivity index (χ0v) is 25.4. The Morgan fingerprint density at radius 3 is 1.17 bits per heavy atom. The van der Waals surface area contributed by atoms with Gasteiger partial charge in [-0.05, 0) is 78.1 Å². The van der Waals surface area contributed by atoms with Crippen LogP contribution in [0, 0.1) is 0 Å². The van der Waals surface area contributed by atoms with E-state index in [-0.39, 0.29) is 0 Å². The summed E-state index contributed by atoms with van der Waals surface area (Å²) in [5.41, 5.74) is 0. The Morgan fingerprint density at radius 2 is 0.714 bits per heavy atom. The summed E-state index contributed by atoms with van der Waals surface area (Å²) in [6, 6.07) is 41.0. The van der Waals surface area contributed by atoms with Gasteiger partial charge in [0, 0.05) is 40.7 Å². The number of thiophene rings is 4. The van der Waals surface area contributed by atoms with E-state index in [1.54, 1.807) is 0 Å². The number of hydrogen-bond donors (Lipinski definition) is 0. The normalized spacial score (nSPS) is 12.3. The summed E-state index contributed by atoms with van der Waals surface area (Å²) in [6.07, 6.45) is 0. The number of fused-ring (bicyclic) bond motifs is 11. The molecule has 0 aliphatic rings. The lowest BCUT2D eigenvalue weighted by atomic mass is 9.95. The highest BCUT2D eigenvalue weighted by Crippen LogP contribution is 2.46. The van der Waals surface area contributed by atoms with Crippen LogP contribution in [0.15, 0.2) is 120 Å². The van der Waals surface area contributed by atoms with Crippen molar-refractivity contribution in [3.05, 3.63) is 120 Å². The molecule has 0 radical (unpaired) electrons. The first-order valence-corrected chi connectivity index (χ1v) is 17.4. The maximum absolute atomic E-state index is 2.41. The smallest absolute Gasteiger partial charge is 0.0521 e. The van der Waals surface area contributed by atoms with Gasteiger partial charge in [-0.25, -0.2) is 0 Å². The molecule has 4 aromatic heterocycles. The molecule has 0 bridgehead atoms. The van der Waals surface area contributed by atoms with E-state index in [4.69, 9.17) is 0 Å². The summed E-state index contributed by atoms with van der Waals surface area (Å²) in [4.78, 5) is 5.47. The highest BCUT2D eigenvalue weighted by Gasteiger charge is 2.16. The molecule has 0 saturated heterocycles. The molecular formula is C38H20S4. The third kappa shape index (κ3) is 3.26. The summed E-state index contributed by atoms with van der Waals surface area (Å²) in [6.45, 7) is 0. The van der Waals surface area contributed by atoms with Gasteiger partial charge in [-0.3, -0.25) is 0 Å². The molecule has 42 heavy (non-hydrogen) atoms. The van der Waals surface area contributed by atoms with Crippen LogP contribution in [0.25, 0.3) is 93.5 Å². The molecule has 4 heteroatoms. The van der Waals surface area contributed by atoms with E-state index in [1.807, 2.05) is 45.3 Å². The van der Waals surface area contributed by atoms with Gasteiger partial charge in [0.05, 0.1) is 9.75 Å². The lowest BCUT2D eigenvalue weighted by molar-refractivity contribution is 1.84. The first-order valence-electron chi connectivity index (χ1n) is 14.0. The Bertz CT molecular complexity index is 2500. The first-order chi connectivity index (χ1) is 20.8. The zero-order valence-electron chi connectivity index (χ0n) is 22.2. The molecule has 10 aromatic rings.